The molecule has 3 heterocycles. The zero-order valence-corrected chi connectivity index (χ0v) is 23.3. The van der Waals surface area contributed by atoms with Crippen molar-refractivity contribution in [3.63, 3.8) is 0 Å². The molecule has 1 aromatic heterocycles. The molecule has 12 heteroatoms. The van der Waals surface area contributed by atoms with Gasteiger partial charge in [-0.25, -0.2) is 18.2 Å². The number of carbonyl (C=O) groups excluding carboxylic acids is 1. The number of carbonyl (C=O) groups is 1. The normalized spacial score (nSPS) is 25.6. The summed E-state index contributed by atoms with van der Waals surface area (Å²) in [6.45, 7) is 2.99. The standard InChI is InChI=1S/C28H34F3N5O3S/c1-40(38,39)22-5-2-17(9-21(22)28(29,30)31)8-18-6-7-26(10-18)13-35(14-26)25(37)36-15-27(16-36)11-20(12-27)24-32-23(33-34-24)19-3-4-19/h2,5,9,18-20H,3-4,6-8,10-16H2,1H3,(H,32,33,34). The van der Waals surface area contributed by atoms with Gasteiger partial charge in [-0.15, -0.1) is 0 Å². The average molecular weight is 578 g/mol. The lowest BCUT2D eigenvalue weighted by Crippen LogP contribution is -2.69. The van der Waals surface area contributed by atoms with Gasteiger partial charge in [0.1, 0.15) is 5.82 Å². The highest BCUT2D eigenvalue weighted by atomic mass is 32.2. The molecular formula is C28H34F3N5O3S. The lowest BCUT2D eigenvalue weighted by molar-refractivity contribution is -0.139. The zero-order chi connectivity index (χ0) is 28.1. The zero-order valence-electron chi connectivity index (χ0n) is 22.5. The van der Waals surface area contributed by atoms with Crippen LogP contribution in [0.1, 0.15) is 79.6 Å². The van der Waals surface area contributed by atoms with Crippen LogP contribution < -0.4 is 0 Å². The second kappa shape index (κ2) is 8.69. The van der Waals surface area contributed by atoms with Gasteiger partial charge in [-0.3, -0.25) is 5.10 Å². The van der Waals surface area contributed by atoms with Crippen molar-refractivity contribution in [2.75, 3.05) is 32.4 Å². The van der Waals surface area contributed by atoms with Gasteiger partial charge in [-0.2, -0.15) is 18.3 Å². The molecule has 8 nitrogen and oxygen atoms in total. The third-order valence-corrected chi connectivity index (χ3v) is 11.1. The Labute approximate surface area is 231 Å². The first kappa shape index (κ1) is 26.3. The maximum Gasteiger partial charge on any atom is 0.417 e. The molecule has 1 N–H and O–H groups in total. The second-order valence-electron chi connectivity index (χ2n) is 13.4. The number of hydrogen-bond donors (Lipinski definition) is 1. The summed E-state index contributed by atoms with van der Waals surface area (Å²) in [5.41, 5.74) is -0.319. The Morgan fingerprint density at radius 2 is 1.70 bits per heavy atom. The summed E-state index contributed by atoms with van der Waals surface area (Å²) >= 11 is 0. The van der Waals surface area contributed by atoms with E-state index in [0.717, 1.165) is 75.2 Å². The first-order valence-electron chi connectivity index (χ1n) is 14.2. The predicted octanol–water partition coefficient (Wildman–Crippen LogP) is 4.75. The Morgan fingerprint density at radius 3 is 2.33 bits per heavy atom. The van der Waals surface area contributed by atoms with Crippen LogP contribution >= 0.6 is 0 Å². The summed E-state index contributed by atoms with van der Waals surface area (Å²) in [7, 11) is -3.98. The minimum Gasteiger partial charge on any atom is -0.323 e. The topological polar surface area (TPSA) is 99.3 Å². The summed E-state index contributed by atoms with van der Waals surface area (Å²) < 4.78 is 64.4. The fourth-order valence-electron chi connectivity index (χ4n) is 7.80. The second-order valence-corrected chi connectivity index (χ2v) is 15.4. The maximum atomic E-state index is 13.6. The number of likely N-dealkylation sites (tertiary alicyclic amines) is 2. The van der Waals surface area contributed by atoms with Crippen molar-refractivity contribution >= 4 is 15.9 Å². The molecular weight excluding hydrogens is 543 g/mol. The smallest absolute Gasteiger partial charge is 0.323 e. The molecule has 0 bridgehead atoms. The van der Waals surface area contributed by atoms with Gasteiger partial charge in [-0.05, 0) is 75.0 Å². The van der Waals surface area contributed by atoms with E-state index in [0.29, 0.717) is 36.9 Å². The lowest BCUT2D eigenvalue weighted by atomic mass is 9.57. The number of aromatic nitrogens is 3. The molecule has 2 saturated heterocycles. The van der Waals surface area contributed by atoms with Gasteiger partial charge >= 0.3 is 12.2 Å². The summed E-state index contributed by atoms with van der Waals surface area (Å²) in [6.07, 6.45) is 3.74. The van der Waals surface area contributed by atoms with Gasteiger partial charge in [0.25, 0.3) is 0 Å². The van der Waals surface area contributed by atoms with E-state index in [9.17, 15) is 26.4 Å². The number of nitrogens with one attached hydrogen (secondary N) is 1. The van der Waals surface area contributed by atoms with Crippen LogP contribution in [0, 0.1) is 16.7 Å². The van der Waals surface area contributed by atoms with Gasteiger partial charge in [0.15, 0.2) is 15.7 Å². The van der Waals surface area contributed by atoms with Crippen LogP contribution in [0.5, 0.6) is 0 Å². The van der Waals surface area contributed by atoms with E-state index in [1.54, 1.807) is 0 Å². The number of rotatable bonds is 5. The summed E-state index contributed by atoms with van der Waals surface area (Å²) in [4.78, 5) is 21.0. The van der Waals surface area contributed by atoms with E-state index in [1.807, 2.05) is 9.80 Å². The van der Waals surface area contributed by atoms with Crippen molar-refractivity contribution in [3.05, 3.63) is 41.0 Å². The number of sulfone groups is 1. The molecule has 2 aromatic rings. The number of H-pyrrole nitrogens is 1. The van der Waals surface area contributed by atoms with Gasteiger partial charge in [0.05, 0.1) is 10.5 Å². The summed E-state index contributed by atoms with van der Waals surface area (Å²) in [5, 5.41) is 7.52. The Balaban J connectivity index is 0.894. The highest BCUT2D eigenvalue weighted by Gasteiger charge is 2.57. The maximum absolute atomic E-state index is 13.6. The number of nitrogens with zero attached hydrogens (tertiary/aromatic N) is 4. The molecule has 1 unspecified atom stereocenters. The van der Waals surface area contributed by atoms with E-state index >= 15 is 0 Å². The number of halogens is 3. The van der Waals surface area contributed by atoms with Gasteiger partial charge < -0.3 is 9.80 Å². The number of urea groups is 1. The molecule has 40 heavy (non-hydrogen) atoms. The molecule has 5 aliphatic rings. The molecule has 216 valence electrons. The predicted molar refractivity (Wildman–Crippen MR) is 139 cm³/mol. The Bertz CT molecular complexity index is 1450. The third kappa shape index (κ3) is 4.59. The van der Waals surface area contributed by atoms with E-state index < -0.39 is 26.5 Å². The molecule has 3 aliphatic carbocycles. The SMILES string of the molecule is CS(=O)(=O)c1ccc(CC2CCC3(C2)CN(C(=O)N2CC4(CC(c5n[nH]c(C6CC6)n5)C4)C2)C3)cc1C(F)(F)F. The van der Waals surface area contributed by atoms with Crippen molar-refractivity contribution in [2.24, 2.45) is 16.7 Å². The van der Waals surface area contributed by atoms with Gasteiger partial charge in [0.2, 0.25) is 0 Å². The number of alkyl halides is 3. The number of hydrogen-bond acceptors (Lipinski definition) is 5. The Morgan fingerprint density at radius 1 is 1.02 bits per heavy atom. The molecule has 1 aromatic carbocycles. The van der Waals surface area contributed by atoms with Crippen LogP contribution in [-0.2, 0) is 22.4 Å². The number of aromatic amines is 1. The van der Waals surface area contributed by atoms with Gasteiger partial charge in [0, 0.05) is 55.1 Å². The van der Waals surface area contributed by atoms with Crippen LogP contribution in [0.25, 0.3) is 0 Å². The fraction of sp³-hybridized carbons (Fsp3) is 0.679. The minimum absolute atomic E-state index is 0.0505. The van der Waals surface area contributed by atoms with Crippen molar-refractivity contribution in [1.29, 1.82) is 0 Å². The number of amides is 2. The van der Waals surface area contributed by atoms with Crippen LogP contribution in [0.15, 0.2) is 23.1 Å². The highest BCUT2D eigenvalue weighted by molar-refractivity contribution is 7.90. The molecule has 2 spiro atoms. The minimum atomic E-state index is -4.73. The van der Waals surface area contributed by atoms with Crippen LogP contribution in [0.3, 0.4) is 0 Å². The van der Waals surface area contributed by atoms with E-state index in [-0.39, 0.29) is 22.8 Å². The largest absolute Gasteiger partial charge is 0.417 e. The summed E-state index contributed by atoms with van der Waals surface area (Å²) in [6, 6.07) is 3.69. The molecule has 3 saturated carbocycles. The first-order chi connectivity index (χ1) is 18.8. The molecule has 2 aliphatic heterocycles. The molecule has 2 amide bonds. The average Bonchev–Trinajstić information content (AvgIpc) is 3.38. The summed E-state index contributed by atoms with van der Waals surface area (Å²) in [5.74, 6) is 3.13. The first-order valence-corrected chi connectivity index (χ1v) is 16.1. The molecule has 1 atom stereocenters. The van der Waals surface area contributed by atoms with E-state index in [4.69, 9.17) is 4.98 Å². The third-order valence-electron chi connectivity index (χ3n) is 9.93. The quantitative estimate of drug-likeness (QED) is 0.553. The molecule has 5 fully saturated rings. The van der Waals surface area contributed by atoms with Crippen molar-refractivity contribution in [2.45, 2.75) is 74.3 Å². The van der Waals surface area contributed by atoms with Gasteiger partial charge in [-0.1, -0.05) is 6.07 Å². The lowest BCUT2D eigenvalue weighted by Gasteiger charge is -2.60. The molecule has 7 rings (SSSR count). The van der Waals surface area contributed by atoms with Crippen LogP contribution in [0.2, 0.25) is 0 Å². The Hall–Kier alpha value is -2.63. The van der Waals surface area contributed by atoms with E-state index in [2.05, 4.69) is 10.2 Å². The Kier molecular flexibility index (Phi) is 5.71. The number of benzene rings is 1. The van der Waals surface area contributed by atoms with Crippen LogP contribution in [0.4, 0.5) is 18.0 Å². The van der Waals surface area contributed by atoms with Crippen LogP contribution in [-0.4, -0.2) is 71.9 Å². The van der Waals surface area contributed by atoms with E-state index in [1.165, 1.54) is 18.9 Å². The monoisotopic (exact) mass is 577 g/mol. The molecule has 0 radical (unpaired) electrons. The van der Waals surface area contributed by atoms with Crippen molar-refractivity contribution < 1.29 is 26.4 Å². The van der Waals surface area contributed by atoms with Crippen molar-refractivity contribution in [3.8, 4) is 0 Å². The van der Waals surface area contributed by atoms with Crippen molar-refractivity contribution in [1.82, 2.24) is 25.0 Å². The fourth-order valence-corrected chi connectivity index (χ4v) is 8.69. The highest BCUT2D eigenvalue weighted by Crippen LogP contribution is 2.56.